The van der Waals surface area contributed by atoms with Gasteiger partial charge >= 0.3 is 0 Å². The first-order valence-corrected chi connectivity index (χ1v) is 7.18. The van der Waals surface area contributed by atoms with E-state index in [1.165, 1.54) is 19.3 Å². The molecule has 1 saturated heterocycles. The Bertz CT molecular complexity index is 397. The van der Waals surface area contributed by atoms with Crippen molar-refractivity contribution >= 4 is 0 Å². The van der Waals surface area contributed by atoms with Gasteiger partial charge in [-0.15, -0.1) is 0 Å². The van der Waals surface area contributed by atoms with Crippen LogP contribution in [0.1, 0.15) is 38.2 Å². The van der Waals surface area contributed by atoms with Crippen molar-refractivity contribution in [3.05, 3.63) is 29.8 Å². The standard InChI is InChI=1S/C16H25NO2/c1-16(18,12-14-8-5-6-10-17-14)11-13-7-3-4-9-15(13)19-2/h3-4,7,9,14,17-18H,5-6,8,10-12H2,1-2H3. The summed E-state index contributed by atoms with van der Waals surface area (Å²) in [6.45, 7) is 3.01. The van der Waals surface area contributed by atoms with Crippen LogP contribution in [0.2, 0.25) is 0 Å². The maximum absolute atomic E-state index is 10.6. The van der Waals surface area contributed by atoms with Gasteiger partial charge in [0, 0.05) is 12.5 Å². The van der Waals surface area contributed by atoms with Gasteiger partial charge in [0.25, 0.3) is 0 Å². The third-order valence-electron chi connectivity index (χ3n) is 3.86. The highest BCUT2D eigenvalue weighted by molar-refractivity contribution is 5.34. The van der Waals surface area contributed by atoms with E-state index in [0.717, 1.165) is 24.3 Å². The van der Waals surface area contributed by atoms with Crippen LogP contribution in [0.15, 0.2) is 24.3 Å². The summed E-state index contributed by atoms with van der Waals surface area (Å²) in [5.41, 5.74) is 0.384. The first kappa shape index (κ1) is 14.4. The van der Waals surface area contributed by atoms with Crippen molar-refractivity contribution in [3.8, 4) is 5.75 Å². The monoisotopic (exact) mass is 263 g/mol. The van der Waals surface area contributed by atoms with Crippen molar-refractivity contribution < 1.29 is 9.84 Å². The predicted molar refractivity (Wildman–Crippen MR) is 77.6 cm³/mol. The van der Waals surface area contributed by atoms with Crippen molar-refractivity contribution in [1.82, 2.24) is 5.32 Å². The molecule has 1 aromatic rings. The topological polar surface area (TPSA) is 41.5 Å². The Labute approximate surface area is 116 Å². The van der Waals surface area contributed by atoms with Crippen LogP contribution < -0.4 is 10.1 Å². The number of hydrogen-bond acceptors (Lipinski definition) is 3. The lowest BCUT2D eigenvalue weighted by Crippen LogP contribution is -2.41. The highest BCUT2D eigenvalue weighted by Crippen LogP contribution is 2.27. The zero-order valence-corrected chi connectivity index (χ0v) is 12.0. The van der Waals surface area contributed by atoms with Crippen molar-refractivity contribution in [2.24, 2.45) is 0 Å². The lowest BCUT2D eigenvalue weighted by atomic mass is 9.87. The van der Waals surface area contributed by atoms with Crippen LogP contribution in [-0.2, 0) is 6.42 Å². The van der Waals surface area contributed by atoms with E-state index in [2.05, 4.69) is 5.32 Å². The largest absolute Gasteiger partial charge is 0.496 e. The SMILES string of the molecule is COc1ccccc1CC(C)(O)CC1CCCCN1. The van der Waals surface area contributed by atoms with Gasteiger partial charge in [-0.1, -0.05) is 24.6 Å². The third kappa shape index (κ3) is 4.22. The maximum atomic E-state index is 10.6. The van der Waals surface area contributed by atoms with E-state index in [-0.39, 0.29) is 0 Å². The van der Waals surface area contributed by atoms with Gasteiger partial charge < -0.3 is 15.2 Å². The van der Waals surface area contributed by atoms with Crippen LogP contribution in [0.5, 0.6) is 5.75 Å². The number of rotatable bonds is 5. The summed E-state index contributed by atoms with van der Waals surface area (Å²) in [4.78, 5) is 0. The van der Waals surface area contributed by atoms with E-state index in [0.29, 0.717) is 12.5 Å². The Morgan fingerprint density at radius 3 is 2.84 bits per heavy atom. The number of piperidine rings is 1. The lowest BCUT2D eigenvalue weighted by molar-refractivity contribution is 0.0366. The van der Waals surface area contributed by atoms with Gasteiger partial charge in [0.15, 0.2) is 0 Å². The van der Waals surface area contributed by atoms with Crippen LogP contribution >= 0.6 is 0 Å². The van der Waals surface area contributed by atoms with Crippen LogP contribution in [0.3, 0.4) is 0 Å². The van der Waals surface area contributed by atoms with Gasteiger partial charge in [-0.3, -0.25) is 0 Å². The molecule has 2 atom stereocenters. The Morgan fingerprint density at radius 2 is 2.16 bits per heavy atom. The van der Waals surface area contributed by atoms with E-state index in [9.17, 15) is 5.11 Å². The van der Waals surface area contributed by atoms with E-state index in [1.54, 1.807) is 7.11 Å². The average Bonchev–Trinajstić information content (AvgIpc) is 2.39. The minimum absolute atomic E-state index is 0.443. The molecule has 3 nitrogen and oxygen atoms in total. The minimum Gasteiger partial charge on any atom is -0.496 e. The molecule has 19 heavy (non-hydrogen) atoms. The molecule has 1 aromatic carbocycles. The van der Waals surface area contributed by atoms with Crippen molar-refractivity contribution in [3.63, 3.8) is 0 Å². The molecule has 0 amide bonds. The summed E-state index contributed by atoms with van der Waals surface area (Å²) in [6, 6.07) is 8.37. The van der Waals surface area contributed by atoms with Crippen LogP contribution in [0, 0.1) is 0 Å². The number of aliphatic hydroxyl groups is 1. The lowest BCUT2D eigenvalue weighted by Gasteiger charge is -2.32. The minimum atomic E-state index is -0.691. The van der Waals surface area contributed by atoms with E-state index < -0.39 is 5.60 Å². The fourth-order valence-corrected chi connectivity index (χ4v) is 2.96. The Kier molecular flexibility index (Phi) is 4.83. The molecule has 1 fully saturated rings. The first-order valence-electron chi connectivity index (χ1n) is 7.18. The number of hydrogen-bond donors (Lipinski definition) is 2. The van der Waals surface area contributed by atoms with E-state index in [4.69, 9.17) is 4.74 Å². The van der Waals surface area contributed by atoms with E-state index >= 15 is 0 Å². The molecule has 106 valence electrons. The quantitative estimate of drug-likeness (QED) is 0.857. The molecule has 0 bridgehead atoms. The second kappa shape index (κ2) is 6.40. The maximum Gasteiger partial charge on any atom is 0.122 e. The molecule has 2 unspecified atom stereocenters. The molecule has 0 saturated carbocycles. The van der Waals surface area contributed by atoms with Crippen LogP contribution in [-0.4, -0.2) is 30.4 Å². The molecular formula is C16H25NO2. The number of ether oxygens (including phenoxy) is 1. The number of para-hydroxylation sites is 1. The summed E-state index contributed by atoms with van der Waals surface area (Å²) in [6.07, 6.45) is 5.12. The summed E-state index contributed by atoms with van der Waals surface area (Å²) in [5, 5.41) is 14.1. The zero-order valence-electron chi connectivity index (χ0n) is 12.0. The molecule has 1 aliphatic rings. The smallest absolute Gasteiger partial charge is 0.122 e. The van der Waals surface area contributed by atoms with Gasteiger partial charge in [0.1, 0.15) is 5.75 Å². The number of methoxy groups -OCH3 is 1. The highest BCUT2D eigenvalue weighted by atomic mass is 16.5. The number of benzene rings is 1. The number of nitrogens with one attached hydrogen (secondary N) is 1. The highest BCUT2D eigenvalue weighted by Gasteiger charge is 2.27. The summed E-state index contributed by atoms with van der Waals surface area (Å²) in [7, 11) is 1.68. The first-order chi connectivity index (χ1) is 9.11. The molecule has 0 aromatic heterocycles. The molecule has 2 N–H and O–H groups in total. The molecular weight excluding hydrogens is 238 g/mol. The Morgan fingerprint density at radius 1 is 1.37 bits per heavy atom. The van der Waals surface area contributed by atoms with Crippen molar-refractivity contribution in [2.75, 3.05) is 13.7 Å². The van der Waals surface area contributed by atoms with Gasteiger partial charge in [-0.2, -0.15) is 0 Å². The fraction of sp³-hybridized carbons (Fsp3) is 0.625. The molecule has 3 heteroatoms. The molecule has 0 radical (unpaired) electrons. The van der Waals surface area contributed by atoms with Gasteiger partial charge in [0.2, 0.25) is 0 Å². The second-order valence-electron chi connectivity index (χ2n) is 5.84. The molecule has 1 aliphatic heterocycles. The predicted octanol–water partition coefficient (Wildman–Crippen LogP) is 2.52. The summed E-state index contributed by atoms with van der Waals surface area (Å²) >= 11 is 0. The van der Waals surface area contributed by atoms with E-state index in [1.807, 2.05) is 31.2 Å². The normalized spacial score (nSPS) is 22.8. The van der Waals surface area contributed by atoms with Crippen LogP contribution in [0.25, 0.3) is 0 Å². The third-order valence-corrected chi connectivity index (χ3v) is 3.86. The second-order valence-corrected chi connectivity index (χ2v) is 5.84. The molecule has 0 aliphatic carbocycles. The average molecular weight is 263 g/mol. The van der Waals surface area contributed by atoms with Crippen molar-refractivity contribution in [1.29, 1.82) is 0 Å². The van der Waals surface area contributed by atoms with Crippen LogP contribution in [0.4, 0.5) is 0 Å². The fourth-order valence-electron chi connectivity index (χ4n) is 2.96. The Balaban J connectivity index is 1.99. The van der Waals surface area contributed by atoms with Gasteiger partial charge in [0.05, 0.1) is 12.7 Å². The Hall–Kier alpha value is -1.06. The molecule has 0 spiro atoms. The zero-order chi connectivity index (χ0) is 13.7. The van der Waals surface area contributed by atoms with Crippen molar-refractivity contribution in [2.45, 2.75) is 50.7 Å². The summed E-state index contributed by atoms with van der Waals surface area (Å²) < 4.78 is 5.35. The molecule has 2 rings (SSSR count). The summed E-state index contributed by atoms with van der Waals surface area (Å²) in [5.74, 6) is 0.861. The van der Waals surface area contributed by atoms with Gasteiger partial charge in [-0.25, -0.2) is 0 Å². The molecule has 1 heterocycles. The van der Waals surface area contributed by atoms with Gasteiger partial charge in [-0.05, 0) is 44.4 Å².